The van der Waals surface area contributed by atoms with Crippen molar-refractivity contribution in [3.8, 4) is 0 Å². The molecule has 0 spiro atoms. The van der Waals surface area contributed by atoms with E-state index in [-0.39, 0.29) is 0 Å². The van der Waals surface area contributed by atoms with E-state index in [1.165, 1.54) is 18.2 Å². The highest BCUT2D eigenvalue weighted by Crippen LogP contribution is 2.13. The van der Waals surface area contributed by atoms with Gasteiger partial charge in [0.25, 0.3) is 0 Å². The topological polar surface area (TPSA) is 55.1 Å². The lowest BCUT2D eigenvalue weighted by atomic mass is 10.1. The summed E-state index contributed by atoms with van der Waals surface area (Å²) in [6.07, 6.45) is 4.03. The Morgan fingerprint density at radius 3 is 2.89 bits per heavy atom. The van der Waals surface area contributed by atoms with Crippen LogP contribution in [0.25, 0.3) is 6.08 Å². The zero-order valence-corrected chi connectivity index (χ0v) is 10.4. The van der Waals surface area contributed by atoms with Crippen molar-refractivity contribution in [2.24, 2.45) is 0 Å². The van der Waals surface area contributed by atoms with E-state index in [0.717, 1.165) is 17.3 Å². The Morgan fingerprint density at radius 2 is 2.26 bits per heavy atom. The highest BCUT2D eigenvalue weighted by molar-refractivity contribution is 5.85. The summed E-state index contributed by atoms with van der Waals surface area (Å²) in [5.74, 6) is -1.46. The number of carbonyl (C=O) groups is 1. The van der Waals surface area contributed by atoms with Crippen LogP contribution in [0.4, 0.5) is 4.39 Å². The van der Waals surface area contributed by atoms with Crippen LogP contribution in [-0.2, 0) is 11.3 Å². The molecule has 0 fully saturated rings. The van der Waals surface area contributed by atoms with Crippen molar-refractivity contribution in [3.05, 3.63) is 59.2 Å². The van der Waals surface area contributed by atoms with Crippen LogP contribution in [0.2, 0.25) is 0 Å². The lowest BCUT2D eigenvalue weighted by Crippen LogP contribution is -2.04. The summed E-state index contributed by atoms with van der Waals surface area (Å²) in [6.45, 7) is 2.36. The Labute approximate surface area is 109 Å². The molecule has 0 aliphatic rings. The van der Waals surface area contributed by atoms with Crippen LogP contribution in [0.3, 0.4) is 0 Å². The molecule has 5 heteroatoms. The fraction of sp³-hybridized carbons (Fsp3) is 0.143. The van der Waals surface area contributed by atoms with Gasteiger partial charge in [0.05, 0.1) is 6.54 Å². The van der Waals surface area contributed by atoms with Crippen molar-refractivity contribution >= 4 is 12.0 Å². The van der Waals surface area contributed by atoms with Crippen molar-refractivity contribution in [2.45, 2.75) is 13.5 Å². The zero-order valence-electron chi connectivity index (χ0n) is 10.4. The van der Waals surface area contributed by atoms with Crippen molar-refractivity contribution in [3.63, 3.8) is 0 Å². The summed E-state index contributed by atoms with van der Waals surface area (Å²) in [6, 6.07) is 6.31. The fourth-order valence-corrected chi connectivity index (χ4v) is 1.77. The maximum absolute atomic E-state index is 13.5. The number of carboxylic acid groups (broad SMARTS) is 1. The third-order valence-electron chi connectivity index (χ3n) is 2.66. The van der Waals surface area contributed by atoms with Crippen LogP contribution in [0.15, 0.2) is 36.5 Å². The molecule has 1 aromatic heterocycles. The van der Waals surface area contributed by atoms with Crippen molar-refractivity contribution in [2.75, 3.05) is 0 Å². The minimum Gasteiger partial charge on any atom is -0.478 e. The molecule has 4 nitrogen and oxygen atoms in total. The van der Waals surface area contributed by atoms with Gasteiger partial charge in [-0.05, 0) is 48.4 Å². The van der Waals surface area contributed by atoms with Gasteiger partial charge in [-0.2, -0.15) is 5.10 Å². The number of aromatic nitrogens is 2. The van der Waals surface area contributed by atoms with E-state index in [1.54, 1.807) is 16.9 Å². The van der Waals surface area contributed by atoms with Crippen LogP contribution in [0.5, 0.6) is 0 Å². The Hall–Kier alpha value is -2.43. The zero-order chi connectivity index (χ0) is 13.8. The summed E-state index contributed by atoms with van der Waals surface area (Å²) >= 11 is 0. The quantitative estimate of drug-likeness (QED) is 0.859. The Morgan fingerprint density at radius 1 is 1.47 bits per heavy atom. The minimum atomic E-state index is -1.06. The monoisotopic (exact) mass is 260 g/mol. The molecule has 0 aliphatic carbocycles. The van der Waals surface area contributed by atoms with E-state index >= 15 is 0 Å². The highest BCUT2D eigenvalue weighted by atomic mass is 19.1. The van der Waals surface area contributed by atoms with Gasteiger partial charge in [0, 0.05) is 18.0 Å². The van der Waals surface area contributed by atoms with Crippen LogP contribution in [-0.4, -0.2) is 20.9 Å². The summed E-state index contributed by atoms with van der Waals surface area (Å²) in [7, 11) is 0. The van der Waals surface area contributed by atoms with Crippen LogP contribution in [0.1, 0.15) is 16.8 Å². The number of benzene rings is 1. The molecule has 98 valence electrons. The maximum atomic E-state index is 13.5. The smallest absolute Gasteiger partial charge is 0.328 e. The summed E-state index contributed by atoms with van der Waals surface area (Å²) in [5.41, 5.74) is 2.23. The molecule has 1 aromatic carbocycles. The number of carboxylic acids is 1. The molecule has 0 atom stereocenters. The fourth-order valence-electron chi connectivity index (χ4n) is 1.77. The van der Waals surface area contributed by atoms with Gasteiger partial charge in [0.2, 0.25) is 0 Å². The van der Waals surface area contributed by atoms with Gasteiger partial charge in [-0.15, -0.1) is 0 Å². The largest absolute Gasteiger partial charge is 0.478 e. The van der Waals surface area contributed by atoms with E-state index in [0.29, 0.717) is 12.1 Å². The molecule has 0 amide bonds. The summed E-state index contributed by atoms with van der Waals surface area (Å²) in [4.78, 5) is 10.4. The van der Waals surface area contributed by atoms with E-state index in [2.05, 4.69) is 5.10 Å². The van der Waals surface area contributed by atoms with Crippen molar-refractivity contribution in [1.29, 1.82) is 0 Å². The number of aryl methyl sites for hydroxylation is 1. The molecule has 0 saturated heterocycles. The number of hydrogen-bond donors (Lipinski definition) is 1. The van der Waals surface area contributed by atoms with E-state index in [9.17, 15) is 9.18 Å². The van der Waals surface area contributed by atoms with Gasteiger partial charge in [0.1, 0.15) is 5.82 Å². The Balaban J connectivity index is 2.26. The maximum Gasteiger partial charge on any atom is 0.328 e. The molecule has 0 aliphatic heterocycles. The third kappa shape index (κ3) is 3.51. The first-order valence-corrected chi connectivity index (χ1v) is 5.73. The predicted molar refractivity (Wildman–Crippen MR) is 69.1 cm³/mol. The first-order valence-electron chi connectivity index (χ1n) is 5.73. The number of hydrogen-bond acceptors (Lipinski definition) is 2. The average molecular weight is 260 g/mol. The second kappa shape index (κ2) is 5.48. The molecule has 0 saturated carbocycles. The minimum absolute atomic E-state index is 0.396. The number of rotatable bonds is 4. The van der Waals surface area contributed by atoms with E-state index in [4.69, 9.17) is 5.11 Å². The second-order valence-electron chi connectivity index (χ2n) is 4.19. The molecule has 2 rings (SSSR count). The molecule has 2 aromatic rings. The predicted octanol–water partition coefficient (Wildman–Crippen LogP) is 2.48. The average Bonchev–Trinajstić information content (AvgIpc) is 2.72. The Bertz CT molecular complexity index is 632. The molecule has 0 radical (unpaired) electrons. The molecular weight excluding hydrogens is 247 g/mol. The molecule has 0 bridgehead atoms. The van der Waals surface area contributed by atoms with Gasteiger partial charge >= 0.3 is 5.97 Å². The summed E-state index contributed by atoms with van der Waals surface area (Å²) in [5, 5.41) is 12.7. The third-order valence-corrected chi connectivity index (χ3v) is 2.66. The van der Waals surface area contributed by atoms with Gasteiger partial charge in [0.15, 0.2) is 0 Å². The highest BCUT2D eigenvalue weighted by Gasteiger charge is 2.03. The van der Waals surface area contributed by atoms with Crippen molar-refractivity contribution in [1.82, 2.24) is 9.78 Å². The molecule has 19 heavy (non-hydrogen) atoms. The van der Waals surface area contributed by atoms with E-state index in [1.807, 2.05) is 13.0 Å². The first-order chi connectivity index (χ1) is 9.04. The normalized spacial score (nSPS) is 11.1. The van der Waals surface area contributed by atoms with Crippen molar-refractivity contribution < 1.29 is 14.3 Å². The lowest BCUT2D eigenvalue weighted by molar-refractivity contribution is -0.131. The SMILES string of the molecule is Cc1ccnn1Cc1cc(F)cc(C=CC(=O)O)c1. The van der Waals surface area contributed by atoms with Gasteiger partial charge < -0.3 is 5.11 Å². The number of aliphatic carboxylic acids is 1. The van der Waals surface area contributed by atoms with Gasteiger partial charge in [-0.25, -0.2) is 9.18 Å². The molecule has 0 unspecified atom stereocenters. The van der Waals surface area contributed by atoms with E-state index < -0.39 is 11.8 Å². The van der Waals surface area contributed by atoms with Crippen LogP contribution in [0, 0.1) is 12.7 Å². The lowest BCUT2D eigenvalue weighted by Gasteiger charge is -2.06. The number of halogens is 1. The Kier molecular flexibility index (Phi) is 3.75. The van der Waals surface area contributed by atoms with Gasteiger partial charge in [-0.1, -0.05) is 0 Å². The molecule has 1 N–H and O–H groups in total. The van der Waals surface area contributed by atoms with Gasteiger partial charge in [-0.3, -0.25) is 4.68 Å². The van der Waals surface area contributed by atoms with Crippen LogP contribution < -0.4 is 0 Å². The first kappa shape index (κ1) is 13.0. The summed E-state index contributed by atoms with van der Waals surface area (Å²) < 4.78 is 15.2. The standard InChI is InChI=1S/C14H13FN2O2/c1-10-4-5-16-17(10)9-12-6-11(2-3-14(18)19)7-13(15)8-12/h2-8H,9H2,1H3,(H,18,19). The molecule has 1 heterocycles. The molecular formula is C14H13FN2O2. The number of nitrogens with zero attached hydrogens (tertiary/aromatic N) is 2. The second-order valence-corrected chi connectivity index (χ2v) is 4.19. The van der Waals surface area contributed by atoms with Crippen LogP contribution >= 0.6 is 0 Å².